The van der Waals surface area contributed by atoms with Crippen molar-refractivity contribution >= 4 is 98.0 Å². The average Bonchev–Trinajstić information content (AvgIpc) is 3.40. The minimum atomic E-state index is -1.51. The van der Waals surface area contributed by atoms with Gasteiger partial charge < -0.3 is 15.7 Å². The van der Waals surface area contributed by atoms with Crippen molar-refractivity contribution in [1.29, 1.82) is 5.26 Å². The first-order valence-electron chi connectivity index (χ1n) is 14.8. The summed E-state index contributed by atoms with van der Waals surface area (Å²) in [6.45, 7) is 6.70. The van der Waals surface area contributed by atoms with Crippen LogP contribution in [0.5, 0.6) is 0 Å². The van der Waals surface area contributed by atoms with E-state index in [1.54, 1.807) is 24.3 Å². The summed E-state index contributed by atoms with van der Waals surface area (Å²) in [5.41, 5.74) is 1.72. The lowest BCUT2D eigenvalue weighted by atomic mass is 9.72. The number of amides is 2. The summed E-state index contributed by atoms with van der Waals surface area (Å²) in [6, 6.07) is 18.3. The van der Waals surface area contributed by atoms with Gasteiger partial charge in [0, 0.05) is 15.5 Å². The van der Waals surface area contributed by atoms with Crippen molar-refractivity contribution in [2.75, 3.05) is 10.6 Å². The fraction of sp³-hybridized carbons (Fsp3) is 0.257. The highest BCUT2D eigenvalue weighted by atomic mass is 35.5. The Morgan fingerprint density at radius 1 is 0.958 bits per heavy atom. The summed E-state index contributed by atoms with van der Waals surface area (Å²) < 4.78 is 0. The van der Waals surface area contributed by atoms with E-state index in [1.807, 2.05) is 30.3 Å². The molecule has 7 nitrogen and oxygen atoms in total. The SMILES string of the molecule is CC(C)(C)C1CCc2c(sc(NC(=O)C(Sc3cccc(NC(=O)c4c(Cl)c(Cl)c(Cl)c(Cl)c4C(=O)O)c3)c3ccccc3)c2C#N)C1. The molecule has 13 heteroatoms. The minimum absolute atomic E-state index is 0.140. The van der Waals surface area contributed by atoms with E-state index in [-0.39, 0.29) is 26.4 Å². The second-order valence-electron chi connectivity index (χ2n) is 12.3. The first kappa shape index (κ1) is 36.1. The highest BCUT2D eigenvalue weighted by Gasteiger charge is 2.34. The number of nitriles is 1. The lowest BCUT2D eigenvalue weighted by Crippen LogP contribution is -2.26. The number of carbonyl (C=O) groups is 3. The van der Waals surface area contributed by atoms with Crippen LogP contribution in [0.4, 0.5) is 10.7 Å². The van der Waals surface area contributed by atoms with Gasteiger partial charge in [0.25, 0.3) is 5.91 Å². The number of carboxylic acid groups (broad SMARTS) is 1. The molecule has 4 aromatic rings. The topological polar surface area (TPSA) is 119 Å². The van der Waals surface area contributed by atoms with E-state index in [1.165, 1.54) is 23.1 Å². The number of nitrogens with one attached hydrogen (secondary N) is 2. The van der Waals surface area contributed by atoms with Gasteiger partial charge >= 0.3 is 5.97 Å². The van der Waals surface area contributed by atoms with Crippen molar-refractivity contribution in [2.24, 2.45) is 11.3 Å². The maximum Gasteiger partial charge on any atom is 0.338 e. The van der Waals surface area contributed by atoms with Crippen LogP contribution in [-0.2, 0) is 17.6 Å². The Balaban J connectivity index is 1.42. The van der Waals surface area contributed by atoms with Crippen LogP contribution in [-0.4, -0.2) is 22.9 Å². The second kappa shape index (κ2) is 14.7. The zero-order valence-electron chi connectivity index (χ0n) is 25.9. The highest BCUT2D eigenvalue weighted by molar-refractivity contribution is 8.00. The number of benzene rings is 3. The predicted octanol–water partition coefficient (Wildman–Crippen LogP) is 10.8. The number of carboxylic acids is 1. The van der Waals surface area contributed by atoms with Crippen molar-refractivity contribution in [3.05, 3.63) is 107 Å². The predicted molar refractivity (Wildman–Crippen MR) is 196 cm³/mol. The molecule has 2 amide bonds. The van der Waals surface area contributed by atoms with Crippen molar-refractivity contribution in [1.82, 2.24) is 0 Å². The molecule has 5 rings (SSSR count). The summed E-state index contributed by atoms with van der Waals surface area (Å²) in [4.78, 5) is 41.1. The molecule has 0 saturated heterocycles. The molecule has 3 N–H and O–H groups in total. The first-order chi connectivity index (χ1) is 22.7. The molecular formula is C35H29Cl4N3O4S2. The zero-order valence-corrected chi connectivity index (χ0v) is 30.6. The van der Waals surface area contributed by atoms with Crippen molar-refractivity contribution in [3.8, 4) is 6.07 Å². The van der Waals surface area contributed by atoms with Gasteiger partial charge in [0.15, 0.2) is 0 Å². The second-order valence-corrected chi connectivity index (χ2v) is 16.1. The molecular weight excluding hydrogens is 732 g/mol. The number of thioether (sulfide) groups is 1. The van der Waals surface area contributed by atoms with Crippen molar-refractivity contribution < 1.29 is 19.5 Å². The van der Waals surface area contributed by atoms with Crippen molar-refractivity contribution in [2.45, 2.75) is 50.2 Å². The molecule has 1 aliphatic rings. The molecule has 0 radical (unpaired) electrons. The van der Waals surface area contributed by atoms with E-state index in [0.29, 0.717) is 27.1 Å². The van der Waals surface area contributed by atoms with Crippen LogP contribution in [0.3, 0.4) is 0 Å². The zero-order chi connectivity index (χ0) is 34.9. The first-order valence-corrected chi connectivity index (χ1v) is 18.0. The average molecular weight is 762 g/mol. The summed E-state index contributed by atoms with van der Waals surface area (Å²) in [5, 5.41) is 24.1. The van der Waals surface area contributed by atoms with Gasteiger partial charge in [-0.1, -0.05) is 104 Å². The minimum Gasteiger partial charge on any atom is -0.478 e. The largest absolute Gasteiger partial charge is 0.478 e. The Labute approximate surface area is 306 Å². The molecule has 3 aromatic carbocycles. The van der Waals surface area contributed by atoms with Crippen LogP contribution < -0.4 is 10.6 Å². The third-order valence-electron chi connectivity index (χ3n) is 8.23. The van der Waals surface area contributed by atoms with E-state index in [2.05, 4.69) is 37.5 Å². The molecule has 1 heterocycles. The number of thiophene rings is 1. The maximum atomic E-state index is 14.0. The Bertz CT molecular complexity index is 1970. The number of nitrogens with zero attached hydrogens (tertiary/aromatic N) is 1. The lowest BCUT2D eigenvalue weighted by molar-refractivity contribution is -0.115. The molecule has 0 aliphatic heterocycles. The number of carbonyl (C=O) groups excluding carboxylic acids is 2. The quantitative estimate of drug-likeness (QED) is 0.0934. The maximum absolute atomic E-state index is 14.0. The normalized spacial score (nSPS) is 14.8. The van der Waals surface area contributed by atoms with Gasteiger partial charge in [-0.3, -0.25) is 9.59 Å². The Morgan fingerprint density at radius 3 is 2.25 bits per heavy atom. The van der Waals surface area contributed by atoms with E-state index in [0.717, 1.165) is 35.3 Å². The van der Waals surface area contributed by atoms with E-state index in [9.17, 15) is 24.8 Å². The Hall–Kier alpha value is -3.23. The summed E-state index contributed by atoms with van der Waals surface area (Å²) in [5.74, 6) is -2.19. The monoisotopic (exact) mass is 759 g/mol. The van der Waals surface area contributed by atoms with Gasteiger partial charge in [0.2, 0.25) is 5.91 Å². The number of anilines is 2. The van der Waals surface area contributed by atoms with Crippen molar-refractivity contribution in [3.63, 3.8) is 0 Å². The van der Waals surface area contributed by atoms with E-state index < -0.39 is 33.3 Å². The third kappa shape index (κ3) is 7.50. The van der Waals surface area contributed by atoms with Crippen LogP contribution in [0, 0.1) is 22.7 Å². The summed E-state index contributed by atoms with van der Waals surface area (Å²) in [7, 11) is 0. The molecule has 0 saturated carbocycles. The smallest absolute Gasteiger partial charge is 0.338 e. The number of fused-ring (bicyclic) bond motifs is 1. The Kier molecular flexibility index (Phi) is 11.1. The highest BCUT2D eigenvalue weighted by Crippen LogP contribution is 2.46. The van der Waals surface area contributed by atoms with Crippen LogP contribution in [0.2, 0.25) is 20.1 Å². The summed E-state index contributed by atoms with van der Waals surface area (Å²) >= 11 is 27.3. The molecule has 0 fully saturated rings. The number of hydrogen-bond donors (Lipinski definition) is 3. The third-order valence-corrected chi connectivity index (χ3v) is 12.5. The summed E-state index contributed by atoms with van der Waals surface area (Å²) in [6.07, 6.45) is 2.67. The molecule has 0 bridgehead atoms. The number of hydrogen-bond acceptors (Lipinski definition) is 6. The number of aromatic carboxylic acids is 1. The fourth-order valence-corrected chi connectivity index (χ4v) is 9.02. The van der Waals surface area contributed by atoms with Gasteiger partial charge in [0.05, 0.1) is 36.8 Å². The lowest BCUT2D eigenvalue weighted by Gasteiger charge is -2.33. The fourth-order valence-electron chi connectivity index (χ4n) is 5.63. The van der Waals surface area contributed by atoms with E-state index >= 15 is 0 Å². The van der Waals surface area contributed by atoms with Gasteiger partial charge in [-0.25, -0.2) is 4.79 Å². The van der Waals surface area contributed by atoms with Gasteiger partial charge in [0.1, 0.15) is 16.3 Å². The van der Waals surface area contributed by atoms with Crippen LogP contribution in [0.15, 0.2) is 59.5 Å². The van der Waals surface area contributed by atoms with Crippen LogP contribution in [0.1, 0.15) is 74.7 Å². The molecule has 1 aliphatic carbocycles. The molecule has 0 spiro atoms. The van der Waals surface area contributed by atoms with E-state index in [4.69, 9.17) is 46.4 Å². The molecule has 1 aromatic heterocycles. The molecule has 2 unspecified atom stereocenters. The van der Waals surface area contributed by atoms with Crippen LogP contribution in [0.25, 0.3) is 0 Å². The van der Waals surface area contributed by atoms with Crippen LogP contribution >= 0.6 is 69.5 Å². The standard InChI is InChI=1S/C35H29Cl4N3O4S2/c1-35(2,3)18-12-13-21-22(16-40)33(48-23(21)14-18)42-32(44)30(17-8-5-4-6-9-17)47-20-11-7-10-19(15-20)41-31(43)24-25(34(45)46)27(37)29(39)28(38)26(24)36/h4-11,15,18,30H,12-14H2,1-3H3,(H,41,43)(H,42,44)(H,45,46). The number of rotatable bonds is 8. The Morgan fingerprint density at radius 2 is 1.62 bits per heavy atom. The van der Waals surface area contributed by atoms with Gasteiger partial charge in [-0.15, -0.1) is 23.1 Å². The molecule has 2 atom stereocenters. The van der Waals surface area contributed by atoms with Gasteiger partial charge in [-0.05, 0) is 59.9 Å². The molecule has 48 heavy (non-hydrogen) atoms. The van der Waals surface area contributed by atoms with Gasteiger partial charge in [-0.2, -0.15) is 5.26 Å². The molecule has 248 valence electrons. The number of halogens is 4.